The molecule has 29 heavy (non-hydrogen) atoms. The second-order valence-electron chi connectivity index (χ2n) is 6.87. The number of benzene rings is 2. The molecule has 3 aromatic rings. The van der Waals surface area contributed by atoms with Crippen molar-refractivity contribution >= 4 is 29.2 Å². The molecule has 0 spiro atoms. The van der Waals surface area contributed by atoms with Crippen LogP contribution in [0.5, 0.6) is 0 Å². The van der Waals surface area contributed by atoms with Crippen LogP contribution in [0.2, 0.25) is 5.02 Å². The molecule has 1 saturated heterocycles. The lowest BCUT2D eigenvalue weighted by molar-refractivity contribution is -0.150. The van der Waals surface area contributed by atoms with Gasteiger partial charge in [-0.1, -0.05) is 34.5 Å². The van der Waals surface area contributed by atoms with Crippen LogP contribution in [-0.2, 0) is 20.9 Å². The van der Waals surface area contributed by atoms with Crippen LogP contribution in [0.4, 0.5) is 5.69 Å². The minimum atomic E-state index is -0.525. The Hall–Kier alpha value is -3.19. The monoisotopic (exact) mass is 411 g/mol. The van der Waals surface area contributed by atoms with E-state index in [1.165, 1.54) is 0 Å². The third-order valence-electron chi connectivity index (χ3n) is 4.71. The number of esters is 1. The number of amides is 1. The van der Waals surface area contributed by atoms with Crippen molar-refractivity contribution in [3.63, 3.8) is 0 Å². The average Bonchev–Trinajstić information content (AvgIpc) is 3.34. The predicted octanol–water partition coefficient (Wildman–Crippen LogP) is 3.79. The van der Waals surface area contributed by atoms with Crippen LogP contribution >= 0.6 is 11.6 Å². The maximum Gasteiger partial charge on any atom is 0.311 e. The number of hydrogen-bond donors (Lipinski definition) is 0. The molecular weight excluding hydrogens is 394 g/mol. The standard InChI is InChI=1S/C21H18ClN3O4/c1-13-2-8-17(9-3-13)25-11-15(10-19(25)26)21(27)28-12-18-23-20(24-29-18)14-4-6-16(22)7-5-14/h2-9,15H,10-12H2,1H3/t15-/m1/s1. The van der Waals surface area contributed by atoms with Gasteiger partial charge in [-0.05, 0) is 43.3 Å². The van der Waals surface area contributed by atoms with Gasteiger partial charge in [-0.25, -0.2) is 0 Å². The predicted molar refractivity (Wildman–Crippen MR) is 106 cm³/mol. The molecule has 7 nitrogen and oxygen atoms in total. The van der Waals surface area contributed by atoms with Crippen molar-refractivity contribution in [1.29, 1.82) is 0 Å². The third-order valence-corrected chi connectivity index (χ3v) is 4.96. The number of anilines is 1. The molecule has 2 heterocycles. The van der Waals surface area contributed by atoms with E-state index in [4.69, 9.17) is 20.9 Å². The van der Waals surface area contributed by atoms with Crippen LogP contribution in [0.15, 0.2) is 53.1 Å². The molecule has 1 aliphatic rings. The molecule has 0 radical (unpaired) electrons. The van der Waals surface area contributed by atoms with E-state index in [0.717, 1.165) is 16.8 Å². The second-order valence-corrected chi connectivity index (χ2v) is 7.30. The molecule has 0 bridgehead atoms. The Balaban J connectivity index is 1.35. The highest BCUT2D eigenvalue weighted by atomic mass is 35.5. The Morgan fingerprint density at radius 3 is 2.66 bits per heavy atom. The molecular formula is C21H18ClN3O4. The van der Waals surface area contributed by atoms with Gasteiger partial charge in [0.25, 0.3) is 5.89 Å². The molecule has 1 aliphatic heterocycles. The van der Waals surface area contributed by atoms with Crippen LogP contribution in [0.25, 0.3) is 11.4 Å². The van der Waals surface area contributed by atoms with Crippen LogP contribution < -0.4 is 4.90 Å². The van der Waals surface area contributed by atoms with Gasteiger partial charge in [0.2, 0.25) is 11.7 Å². The summed E-state index contributed by atoms with van der Waals surface area (Å²) in [6.07, 6.45) is 0.118. The van der Waals surface area contributed by atoms with Gasteiger partial charge < -0.3 is 14.2 Å². The van der Waals surface area contributed by atoms with Crippen LogP contribution in [-0.4, -0.2) is 28.6 Å². The highest BCUT2D eigenvalue weighted by Gasteiger charge is 2.36. The fourth-order valence-corrected chi connectivity index (χ4v) is 3.25. The molecule has 148 valence electrons. The van der Waals surface area contributed by atoms with E-state index in [1.54, 1.807) is 29.2 Å². The zero-order valence-electron chi connectivity index (χ0n) is 15.7. The maximum atomic E-state index is 12.4. The fraction of sp³-hybridized carbons (Fsp3) is 0.238. The molecule has 1 atom stereocenters. The molecule has 2 aromatic carbocycles. The first-order valence-electron chi connectivity index (χ1n) is 9.12. The zero-order chi connectivity index (χ0) is 20.4. The Morgan fingerprint density at radius 1 is 1.21 bits per heavy atom. The van der Waals surface area contributed by atoms with E-state index in [0.29, 0.717) is 17.4 Å². The van der Waals surface area contributed by atoms with Gasteiger partial charge in [-0.3, -0.25) is 9.59 Å². The van der Waals surface area contributed by atoms with Gasteiger partial charge in [0.1, 0.15) is 0 Å². The summed E-state index contributed by atoms with van der Waals surface area (Å²) in [7, 11) is 0. The fourth-order valence-electron chi connectivity index (χ4n) is 3.12. The normalized spacial score (nSPS) is 16.3. The van der Waals surface area contributed by atoms with Crippen molar-refractivity contribution in [2.75, 3.05) is 11.4 Å². The van der Waals surface area contributed by atoms with E-state index in [2.05, 4.69) is 10.1 Å². The number of nitrogens with zero attached hydrogens (tertiary/aromatic N) is 3. The third kappa shape index (κ3) is 4.30. The highest BCUT2D eigenvalue weighted by Crippen LogP contribution is 2.26. The van der Waals surface area contributed by atoms with Gasteiger partial charge in [0.05, 0.1) is 5.92 Å². The number of aromatic nitrogens is 2. The number of hydrogen-bond acceptors (Lipinski definition) is 6. The summed E-state index contributed by atoms with van der Waals surface area (Å²) in [5, 5.41) is 4.49. The van der Waals surface area contributed by atoms with Crippen molar-refractivity contribution in [3.8, 4) is 11.4 Å². The maximum absolute atomic E-state index is 12.4. The SMILES string of the molecule is Cc1ccc(N2C[C@H](C(=O)OCc3nc(-c4ccc(Cl)cc4)no3)CC2=O)cc1. The molecule has 0 aliphatic carbocycles. The zero-order valence-corrected chi connectivity index (χ0v) is 16.4. The first-order valence-corrected chi connectivity index (χ1v) is 9.49. The Labute approximate surface area is 172 Å². The number of aryl methyl sites for hydroxylation is 1. The van der Waals surface area contributed by atoms with Crippen molar-refractivity contribution in [2.45, 2.75) is 20.0 Å². The highest BCUT2D eigenvalue weighted by molar-refractivity contribution is 6.30. The number of carbonyl (C=O) groups excluding carboxylic acids is 2. The Kier molecular flexibility index (Phi) is 5.31. The summed E-state index contributed by atoms with van der Waals surface area (Å²) in [6.45, 7) is 2.13. The van der Waals surface area contributed by atoms with Gasteiger partial charge >= 0.3 is 5.97 Å². The lowest BCUT2D eigenvalue weighted by Crippen LogP contribution is -2.26. The Bertz CT molecular complexity index is 1030. The van der Waals surface area contributed by atoms with Gasteiger partial charge in [-0.2, -0.15) is 4.98 Å². The second kappa shape index (κ2) is 8.05. The van der Waals surface area contributed by atoms with E-state index in [9.17, 15) is 9.59 Å². The quantitative estimate of drug-likeness (QED) is 0.594. The van der Waals surface area contributed by atoms with Gasteiger partial charge in [0.15, 0.2) is 6.61 Å². The molecule has 0 N–H and O–H groups in total. The van der Waals surface area contributed by atoms with E-state index < -0.39 is 11.9 Å². The van der Waals surface area contributed by atoms with Gasteiger partial charge in [0, 0.05) is 29.2 Å². The van der Waals surface area contributed by atoms with Crippen LogP contribution in [0, 0.1) is 12.8 Å². The van der Waals surface area contributed by atoms with Crippen molar-refractivity contribution < 1.29 is 18.8 Å². The average molecular weight is 412 g/mol. The minimum Gasteiger partial charge on any atom is -0.455 e. The van der Waals surface area contributed by atoms with Crippen LogP contribution in [0.3, 0.4) is 0 Å². The van der Waals surface area contributed by atoms with E-state index in [-0.39, 0.29) is 24.8 Å². The number of rotatable bonds is 5. The largest absolute Gasteiger partial charge is 0.455 e. The molecule has 1 amide bonds. The van der Waals surface area contributed by atoms with Crippen LogP contribution in [0.1, 0.15) is 17.9 Å². The summed E-state index contributed by atoms with van der Waals surface area (Å²) in [5.41, 5.74) is 2.63. The Morgan fingerprint density at radius 2 is 1.93 bits per heavy atom. The summed E-state index contributed by atoms with van der Waals surface area (Å²) in [4.78, 5) is 30.5. The first-order chi connectivity index (χ1) is 14.0. The molecule has 1 fully saturated rings. The van der Waals surface area contributed by atoms with E-state index >= 15 is 0 Å². The lowest BCUT2D eigenvalue weighted by atomic mass is 10.1. The smallest absolute Gasteiger partial charge is 0.311 e. The van der Waals surface area contributed by atoms with Gasteiger partial charge in [-0.15, -0.1) is 0 Å². The molecule has 4 rings (SSSR count). The summed E-state index contributed by atoms with van der Waals surface area (Å²) in [5.74, 6) is -0.516. The molecule has 0 saturated carbocycles. The minimum absolute atomic E-state index is 0.0985. The summed E-state index contributed by atoms with van der Waals surface area (Å²) < 4.78 is 10.4. The lowest BCUT2D eigenvalue weighted by Gasteiger charge is -2.16. The summed E-state index contributed by atoms with van der Waals surface area (Å²) in [6, 6.07) is 14.6. The van der Waals surface area contributed by atoms with E-state index in [1.807, 2.05) is 31.2 Å². The first kappa shape index (κ1) is 19.1. The molecule has 0 unspecified atom stereocenters. The molecule has 8 heteroatoms. The number of halogens is 1. The van der Waals surface area contributed by atoms with Crippen molar-refractivity contribution in [1.82, 2.24) is 10.1 Å². The van der Waals surface area contributed by atoms with Crippen molar-refractivity contribution in [2.24, 2.45) is 5.92 Å². The summed E-state index contributed by atoms with van der Waals surface area (Å²) >= 11 is 5.87. The number of ether oxygens (including phenoxy) is 1. The molecule has 1 aromatic heterocycles. The topological polar surface area (TPSA) is 85.5 Å². The van der Waals surface area contributed by atoms with Crippen molar-refractivity contribution in [3.05, 3.63) is 65.0 Å². The number of carbonyl (C=O) groups is 2.